The standard InChI is InChI=1S/C16H29N3O/c1-4-17-14(8-9-15-18-12-13-19(15)2)16(20-3)10-6-5-7-11-16/h12-14,17H,4-11H2,1-3H3. The third-order valence-electron chi connectivity index (χ3n) is 4.77. The van der Waals surface area contributed by atoms with E-state index in [0.717, 1.165) is 25.2 Å². The van der Waals surface area contributed by atoms with Crippen LogP contribution in [0, 0.1) is 0 Å². The second-order valence-corrected chi connectivity index (χ2v) is 5.93. The Balaban J connectivity index is 2.03. The maximum Gasteiger partial charge on any atom is 0.108 e. The van der Waals surface area contributed by atoms with Crippen molar-refractivity contribution in [3.8, 4) is 0 Å². The molecule has 0 aliphatic heterocycles. The largest absolute Gasteiger partial charge is 0.377 e. The van der Waals surface area contributed by atoms with Crippen LogP contribution in [0.4, 0.5) is 0 Å². The van der Waals surface area contributed by atoms with Crippen molar-refractivity contribution in [2.75, 3.05) is 13.7 Å². The molecule has 2 rings (SSSR count). The molecule has 1 aliphatic rings. The first kappa shape index (κ1) is 15.5. The van der Waals surface area contributed by atoms with Gasteiger partial charge in [-0.15, -0.1) is 0 Å². The number of hydrogen-bond donors (Lipinski definition) is 1. The van der Waals surface area contributed by atoms with Gasteiger partial charge in [0.2, 0.25) is 0 Å². The minimum Gasteiger partial charge on any atom is -0.377 e. The Morgan fingerprint density at radius 1 is 1.40 bits per heavy atom. The lowest BCUT2D eigenvalue weighted by atomic mass is 9.77. The summed E-state index contributed by atoms with van der Waals surface area (Å²) in [5.41, 5.74) is 0.0272. The number of hydrogen-bond acceptors (Lipinski definition) is 3. The summed E-state index contributed by atoms with van der Waals surface area (Å²) in [7, 11) is 3.95. The lowest BCUT2D eigenvalue weighted by Crippen LogP contribution is -2.53. The molecule has 0 saturated heterocycles. The zero-order valence-electron chi connectivity index (χ0n) is 13.2. The molecule has 1 fully saturated rings. The Hall–Kier alpha value is -0.870. The molecule has 4 heteroatoms. The molecule has 0 amide bonds. The van der Waals surface area contributed by atoms with E-state index in [1.54, 1.807) is 0 Å². The van der Waals surface area contributed by atoms with E-state index in [2.05, 4.69) is 28.8 Å². The number of ether oxygens (including phenoxy) is 1. The van der Waals surface area contributed by atoms with Crippen molar-refractivity contribution in [2.24, 2.45) is 7.05 Å². The average molecular weight is 279 g/mol. The number of rotatable bonds is 7. The van der Waals surface area contributed by atoms with Crippen LogP contribution in [0.2, 0.25) is 0 Å². The highest BCUT2D eigenvalue weighted by molar-refractivity contribution is 4.98. The third kappa shape index (κ3) is 3.41. The molecule has 0 aromatic carbocycles. The van der Waals surface area contributed by atoms with E-state index in [1.807, 2.05) is 19.5 Å². The van der Waals surface area contributed by atoms with Crippen molar-refractivity contribution in [3.05, 3.63) is 18.2 Å². The van der Waals surface area contributed by atoms with Gasteiger partial charge in [0.25, 0.3) is 0 Å². The molecule has 0 bridgehead atoms. The lowest BCUT2D eigenvalue weighted by molar-refractivity contribution is -0.0689. The van der Waals surface area contributed by atoms with Crippen molar-refractivity contribution in [1.29, 1.82) is 0 Å². The molecule has 1 aromatic heterocycles. The van der Waals surface area contributed by atoms with Crippen molar-refractivity contribution >= 4 is 0 Å². The van der Waals surface area contributed by atoms with Crippen LogP contribution in [-0.2, 0) is 18.2 Å². The topological polar surface area (TPSA) is 39.1 Å². The van der Waals surface area contributed by atoms with Gasteiger partial charge in [-0.1, -0.05) is 26.2 Å². The van der Waals surface area contributed by atoms with Crippen LogP contribution in [0.25, 0.3) is 0 Å². The van der Waals surface area contributed by atoms with Gasteiger partial charge in [0.1, 0.15) is 5.82 Å². The summed E-state index contributed by atoms with van der Waals surface area (Å²) in [6.45, 7) is 3.18. The van der Waals surface area contributed by atoms with Crippen LogP contribution >= 0.6 is 0 Å². The van der Waals surface area contributed by atoms with Gasteiger partial charge >= 0.3 is 0 Å². The lowest BCUT2D eigenvalue weighted by Gasteiger charge is -2.43. The van der Waals surface area contributed by atoms with Gasteiger partial charge in [-0.3, -0.25) is 0 Å². The summed E-state index contributed by atoms with van der Waals surface area (Å²) in [5, 5.41) is 3.66. The molecule has 4 nitrogen and oxygen atoms in total. The predicted molar refractivity (Wildman–Crippen MR) is 81.8 cm³/mol. The molecule has 0 spiro atoms. The molecular formula is C16H29N3O. The van der Waals surface area contributed by atoms with Crippen LogP contribution in [-0.4, -0.2) is 34.8 Å². The first-order chi connectivity index (χ1) is 9.72. The van der Waals surface area contributed by atoms with E-state index in [-0.39, 0.29) is 5.60 Å². The highest BCUT2D eigenvalue weighted by Gasteiger charge is 2.39. The fraction of sp³-hybridized carbons (Fsp3) is 0.812. The van der Waals surface area contributed by atoms with E-state index < -0.39 is 0 Å². The van der Waals surface area contributed by atoms with Gasteiger partial charge in [-0.05, 0) is 25.8 Å². The normalized spacial score (nSPS) is 19.9. The summed E-state index contributed by atoms with van der Waals surface area (Å²) in [6.07, 6.45) is 12.3. The molecule has 1 N–H and O–H groups in total. The van der Waals surface area contributed by atoms with Gasteiger partial charge < -0.3 is 14.6 Å². The maximum atomic E-state index is 6.00. The van der Waals surface area contributed by atoms with Crippen LogP contribution in [0.5, 0.6) is 0 Å². The highest BCUT2D eigenvalue weighted by atomic mass is 16.5. The minimum atomic E-state index is 0.0272. The zero-order valence-corrected chi connectivity index (χ0v) is 13.2. The predicted octanol–water partition coefficient (Wildman–Crippen LogP) is 2.68. The molecule has 1 atom stereocenters. The first-order valence-electron chi connectivity index (χ1n) is 7.96. The van der Waals surface area contributed by atoms with Crippen molar-refractivity contribution in [1.82, 2.24) is 14.9 Å². The van der Waals surface area contributed by atoms with E-state index in [9.17, 15) is 0 Å². The molecule has 1 aliphatic carbocycles. The Morgan fingerprint density at radius 2 is 2.15 bits per heavy atom. The summed E-state index contributed by atoms with van der Waals surface area (Å²) in [5.74, 6) is 1.16. The fourth-order valence-corrected chi connectivity index (χ4v) is 3.55. The fourth-order valence-electron chi connectivity index (χ4n) is 3.55. The van der Waals surface area contributed by atoms with Crippen LogP contribution in [0.1, 0.15) is 51.3 Å². The first-order valence-corrected chi connectivity index (χ1v) is 7.96. The molecule has 20 heavy (non-hydrogen) atoms. The molecule has 0 radical (unpaired) electrons. The third-order valence-corrected chi connectivity index (χ3v) is 4.77. The van der Waals surface area contributed by atoms with Gasteiger partial charge in [-0.25, -0.2) is 4.98 Å². The van der Waals surface area contributed by atoms with Gasteiger partial charge in [0.05, 0.1) is 5.60 Å². The summed E-state index contributed by atoms with van der Waals surface area (Å²) in [6, 6.07) is 0.425. The monoisotopic (exact) mass is 279 g/mol. The van der Waals surface area contributed by atoms with E-state index in [1.165, 1.54) is 32.1 Å². The van der Waals surface area contributed by atoms with Gasteiger partial charge in [0.15, 0.2) is 0 Å². The van der Waals surface area contributed by atoms with E-state index >= 15 is 0 Å². The number of imidazole rings is 1. The second-order valence-electron chi connectivity index (χ2n) is 5.93. The Morgan fingerprint density at radius 3 is 2.70 bits per heavy atom. The second kappa shape index (κ2) is 7.23. The smallest absolute Gasteiger partial charge is 0.108 e. The number of nitrogens with one attached hydrogen (secondary N) is 1. The SMILES string of the molecule is CCNC(CCc1nccn1C)C1(OC)CCCCC1. The quantitative estimate of drug-likeness (QED) is 0.834. The number of aromatic nitrogens is 2. The molecule has 114 valence electrons. The molecule has 1 unspecified atom stereocenters. The van der Waals surface area contributed by atoms with Gasteiger partial charge in [-0.2, -0.15) is 0 Å². The van der Waals surface area contributed by atoms with Crippen LogP contribution in [0.15, 0.2) is 12.4 Å². The number of aryl methyl sites for hydroxylation is 2. The summed E-state index contributed by atoms with van der Waals surface area (Å²) < 4.78 is 8.12. The Kier molecular flexibility index (Phi) is 5.61. The Labute approximate surface area is 122 Å². The summed E-state index contributed by atoms with van der Waals surface area (Å²) in [4.78, 5) is 4.44. The molecular weight excluding hydrogens is 250 g/mol. The number of likely N-dealkylation sites (N-methyl/N-ethyl adjacent to an activating group) is 1. The zero-order chi connectivity index (χ0) is 14.4. The summed E-state index contributed by atoms with van der Waals surface area (Å²) >= 11 is 0. The maximum absolute atomic E-state index is 6.00. The molecule has 1 saturated carbocycles. The Bertz CT molecular complexity index is 396. The number of nitrogens with zero attached hydrogens (tertiary/aromatic N) is 2. The van der Waals surface area contributed by atoms with Crippen molar-refractivity contribution < 1.29 is 4.74 Å². The number of methoxy groups -OCH3 is 1. The molecule has 1 aromatic rings. The van der Waals surface area contributed by atoms with Gasteiger partial charge in [0, 0.05) is 39.0 Å². The van der Waals surface area contributed by atoms with E-state index in [0.29, 0.717) is 6.04 Å². The van der Waals surface area contributed by atoms with Crippen LogP contribution < -0.4 is 5.32 Å². The van der Waals surface area contributed by atoms with Crippen molar-refractivity contribution in [3.63, 3.8) is 0 Å². The highest BCUT2D eigenvalue weighted by Crippen LogP contribution is 2.35. The van der Waals surface area contributed by atoms with E-state index in [4.69, 9.17) is 4.74 Å². The minimum absolute atomic E-state index is 0.0272. The van der Waals surface area contributed by atoms with Crippen molar-refractivity contribution in [2.45, 2.75) is 63.5 Å². The average Bonchev–Trinajstić information content (AvgIpc) is 2.89. The van der Waals surface area contributed by atoms with Crippen LogP contribution in [0.3, 0.4) is 0 Å². The molecule has 1 heterocycles.